The Kier molecular flexibility index (Phi) is 8.20. The van der Waals surface area contributed by atoms with Crippen LogP contribution in [0, 0.1) is 10.5 Å². The van der Waals surface area contributed by atoms with Crippen LogP contribution in [0.15, 0.2) is 46.1 Å². The fraction of sp³-hybridized carbons (Fsp3) is 0.188. The fourth-order valence-electron chi connectivity index (χ4n) is 1.86. The van der Waals surface area contributed by atoms with Gasteiger partial charge in [0.05, 0.1) is 0 Å². The molecule has 1 unspecified atom stereocenters. The molecule has 0 aliphatic carbocycles. The van der Waals surface area contributed by atoms with Gasteiger partial charge in [0, 0.05) is 0 Å². The van der Waals surface area contributed by atoms with Crippen LogP contribution in [0.2, 0.25) is 0 Å². The summed E-state index contributed by atoms with van der Waals surface area (Å²) in [7, 11) is 0. The zero-order valence-electron chi connectivity index (χ0n) is 12.2. The van der Waals surface area contributed by atoms with Crippen molar-refractivity contribution in [1.82, 2.24) is 0 Å². The molecule has 22 heavy (non-hydrogen) atoms. The molecule has 0 bridgehead atoms. The Morgan fingerprint density at radius 3 is 2.64 bits per heavy atom. The minimum absolute atomic E-state index is 0.540. The van der Waals surface area contributed by atoms with Crippen molar-refractivity contribution in [2.75, 3.05) is 0 Å². The van der Waals surface area contributed by atoms with Crippen LogP contribution in [0.4, 0.5) is 0 Å². The van der Waals surface area contributed by atoms with Gasteiger partial charge in [-0.25, -0.2) is 0 Å². The molecular formula is C16H17I3NO2-. The van der Waals surface area contributed by atoms with Crippen molar-refractivity contribution < 1.29 is 31.1 Å². The summed E-state index contributed by atoms with van der Waals surface area (Å²) in [4.78, 5) is 10.8. The van der Waals surface area contributed by atoms with E-state index < -0.39 is 24.9 Å². The van der Waals surface area contributed by atoms with Crippen LogP contribution in [0.25, 0.3) is 5.57 Å². The summed E-state index contributed by atoms with van der Waals surface area (Å²) < 4.78 is 1.10. The van der Waals surface area contributed by atoms with E-state index in [2.05, 4.69) is 57.8 Å². The molecule has 0 saturated heterocycles. The Labute approximate surface area is 168 Å². The minimum atomic E-state index is -1.59. The van der Waals surface area contributed by atoms with Crippen molar-refractivity contribution >= 4 is 55.0 Å². The van der Waals surface area contributed by atoms with Crippen LogP contribution in [0.3, 0.4) is 0 Å². The average molecular weight is 636 g/mol. The van der Waals surface area contributed by atoms with Gasteiger partial charge in [-0.3, -0.25) is 0 Å². The Hall–Kier alpha value is 0.220. The Morgan fingerprint density at radius 2 is 2.14 bits per heavy atom. The molecule has 0 aliphatic rings. The summed E-state index contributed by atoms with van der Waals surface area (Å²) in [6, 6.07) is 6.08. The molecule has 3 N–H and O–H groups in total. The number of halogens is 3. The summed E-state index contributed by atoms with van der Waals surface area (Å²) in [5.41, 5.74) is 9.36. The number of rotatable bonds is 6. The van der Waals surface area contributed by atoms with Crippen molar-refractivity contribution in [3.8, 4) is 0 Å². The molecule has 0 amide bonds. The predicted octanol–water partition coefficient (Wildman–Crippen LogP) is 0.762. The first-order valence-electron chi connectivity index (χ1n) is 6.32. The first-order chi connectivity index (χ1) is 10.2. The second-order valence-corrected chi connectivity index (χ2v) is 9.73. The Bertz CT molecular complexity index is 649. The fourth-order valence-corrected chi connectivity index (χ4v) is 4.76. The molecule has 1 aromatic rings. The summed E-state index contributed by atoms with van der Waals surface area (Å²) >= 11 is 3.16. The molecule has 120 valence electrons. The molecule has 6 heteroatoms. The summed E-state index contributed by atoms with van der Waals surface area (Å²) in [5.74, 6) is 0. The Balaban J connectivity index is 3.33. The quantitative estimate of drug-likeness (QED) is 0.0924. The van der Waals surface area contributed by atoms with Crippen LogP contribution in [-0.2, 0) is 4.79 Å². The van der Waals surface area contributed by atoms with Gasteiger partial charge < -0.3 is 0 Å². The molecule has 1 atom stereocenters. The maximum atomic E-state index is 10.8. The third-order valence-corrected chi connectivity index (χ3v) is 6.61. The molecule has 0 spiro atoms. The van der Waals surface area contributed by atoms with Gasteiger partial charge in [-0.1, -0.05) is 0 Å². The van der Waals surface area contributed by atoms with Crippen molar-refractivity contribution in [3.05, 3.63) is 60.8 Å². The van der Waals surface area contributed by atoms with E-state index in [4.69, 9.17) is 5.73 Å². The summed E-state index contributed by atoms with van der Waals surface area (Å²) in [6.07, 6.45) is 3.63. The number of nitrogens with two attached hydrogens (primary N) is 1. The molecule has 0 fully saturated rings. The normalized spacial score (nSPS) is 15.5. The van der Waals surface area contributed by atoms with Crippen LogP contribution >= 0.6 is 45.2 Å². The van der Waals surface area contributed by atoms with E-state index in [1.54, 1.807) is 6.08 Å². The molecule has 1 aromatic carbocycles. The maximum absolute atomic E-state index is 10.8. The Morgan fingerprint density at radius 1 is 1.50 bits per heavy atom. The van der Waals surface area contributed by atoms with Gasteiger partial charge in [0.25, 0.3) is 0 Å². The first-order valence-corrected chi connectivity index (χ1v) is 10.8. The predicted molar refractivity (Wildman–Crippen MR) is 105 cm³/mol. The van der Waals surface area contributed by atoms with E-state index >= 15 is 0 Å². The number of allylic oxidation sites excluding steroid dienone is 3. The van der Waals surface area contributed by atoms with Gasteiger partial charge in [0.1, 0.15) is 0 Å². The molecule has 3 nitrogen and oxygen atoms in total. The standard InChI is InChI=1S/C16H17I3NO2/c1-4-15(18)14(16(20,22)19-9-21)8-11(3)13-6-5-12(17)7-10(13)2/h4-9,22H,3,20H2,1-2H3/q-1/b14-8+,15-4+. The van der Waals surface area contributed by atoms with Crippen molar-refractivity contribution in [3.63, 3.8) is 0 Å². The number of aryl methyl sites for hydroxylation is 1. The number of aliphatic hydroxyl groups is 1. The number of hydrogen-bond donors (Lipinski definition) is 2. The zero-order valence-corrected chi connectivity index (χ0v) is 18.7. The van der Waals surface area contributed by atoms with Gasteiger partial charge in [-0.15, -0.1) is 0 Å². The molecule has 0 aromatic heterocycles. The van der Waals surface area contributed by atoms with Crippen molar-refractivity contribution in [2.24, 2.45) is 5.73 Å². The summed E-state index contributed by atoms with van der Waals surface area (Å²) in [6.45, 7) is 7.98. The summed E-state index contributed by atoms with van der Waals surface area (Å²) in [5, 5.41) is 10.4. The van der Waals surface area contributed by atoms with Crippen LogP contribution in [0.5, 0.6) is 0 Å². The number of carbonyl (C=O) groups is 1. The van der Waals surface area contributed by atoms with Gasteiger partial charge in [-0.2, -0.15) is 0 Å². The number of carbonyl (C=O) groups excluding carboxylic acids is 1. The van der Waals surface area contributed by atoms with E-state index in [-0.39, 0.29) is 0 Å². The number of alkyl halides is 1. The molecule has 1 rings (SSSR count). The molecule has 0 saturated carbocycles. The second-order valence-electron chi connectivity index (χ2n) is 4.55. The SMILES string of the molecule is C=C(/C=C(\C(I)=C/C)C(N)(O)[I-]C=O)c1ccc(I)cc1C. The van der Waals surface area contributed by atoms with E-state index in [0.717, 1.165) is 28.1 Å². The van der Waals surface area contributed by atoms with Crippen molar-refractivity contribution in [1.29, 1.82) is 0 Å². The zero-order chi connectivity index (χ0) is 16.9. The number of hydrogen-bond acceptors (Lipinski definition) is 3. The van der Waals surface area contributed by atoms with Crippen LogP contribution in [0.1, 0.15) is 18.1 Å². The average Bonchev–Trinajstić information content (AvgIpc) is 2.43. The van der Waals surface area contributed by atoms with Crippen molar-refractivity contribution in [2.45, 2.75) is 17.6 Å². The molecule has 0 heterocycles. The second kappa shape index (κ2) is 8.90. The molecule has 0 aliphatic heterocycles. The van der Waals surface area contributed by atoms with E-state index in [1.165, 1.54) is 0 Å². The third-order valence-electron chi connectivity index (χ3n) is 2.95. The van der Waals surface area contributed by atoms with Gasteiger partial charge >= 0.3 is 170 Å². The van der Waals surface area contributed by atoms with E-state index in [9.17, 15) is 9.90 Å². The third kappa shape index (κ3) is 5.39. The van der Waals surface area contributed by atoms with Crippen LogP contribution < -0.4 is 26.9 Å². The monoisotopic (exact) mass is 636 g/mol. The molecule has 0 radical (unpaired) electrons. The number of benzene rings is 1. The topological polar surface area (TPSA) is 63.3 Å². The van der Waals surface area contributed by atoms with E-state index in [1.807, 2.05) is 32.1 Å². The van der Waals surface area contributed by atoms with Gasteiger partial charge in [0.15, 0.2) is 0 Å². The molecular weight excluding hydrogens is 619 g/mol. The van der Waals surface area contributed by atoms with E-state index in [0.29, 0.717) is 5.57 Å². The first kappa shape index (κ1) is 20.3. The van der Waals surface area contributed by atoms with Crippen LogP contribution in [-0.4, -0.2) is 13.1 Å². The van der Waals surface area contributed by atoms with Gasteiger partial charge in [-0.05, 0) is 0 Å². The van der Waals surface area contributed by atoms with Gasteiger partial charge in [0.2, 0.25) is 0 Å².